The summed E-state index contributed by atoms with van der Waals surface area (Å²) in [5, 5.41) is 3.27. The highest BCUT2D eigenvalue weighted by Gasteiger charge is 2.30. The van der Waals surface area contributed by atoms with Crippen molar-refractivity contribution in [2.24, 2.45) is 5.92 Å². The first-order valence-electron chi connectivity index (χ1n) is 8.37. The number of nitrogens with zero attached hydrogens (tertiary/aromatic N) is 1. The van der Waals surface area contributed by atoms with Crippen LogP contribution in [-0.4, -0.2) is 43.1 Å². The van der Waals surface area contributed by atoms with Gasteiger partial charge >= 0.3 is 0 Å². The number of hydrogen-bond donors (Lipinski definition) is 1. The van der Waals surface area contributed by atoms with E-state index in [1.54, 1.807) is 0 Å². The molecule has 0 spiro atoms. The molecule has 1 aromatic rings. The molecule has 4 nitrogen and oxygen atoms in total. The van der Waals surface area contributed by atoms with Gasteiger partial charge in [0.15, 0.2) is 0 Å². The zero-order chi connectivity index (χ0) is 15.5. The maximum Gasteiger partial charge on any atom is 0.227 e. The van der Waals surface area contributed by atoms with Crippen molar-refractivity contribution in [3.8, 4) is 5.75 Å². The van der Waals surface area contributed by atoms with E-state index in [1.807, 2.05) is 11.0 Å². The molecule has 1 N–H and O–H groups in total. The minimum absolute atomic E-state index is 0.192. The molecule has 0 unspecified atom stereocenters. The van der Waals surface area contributed by atoms with E-state index < -0.39 is 0 Å². The molecule has 22 heavy (non-hydrogen) atoms. The van der Waals surface area contributed by atoms with Crippen molar-refractivity contribution in [3.05, 3.63) is 29.3 Å². The lowest BCUT2D eigenvalue weighted by Crippen LogP contribution is -2.44. The van der Waals surface area contributed by atoms with Crippen molar-refractivity contribution in [1.82, 2.24) is 10.2 Å². The van der Waals surface area contributed by atoms with E-state index in [1.165, 1.54) is 11.1 Å². The third kappa shape index (κ3) is 3.43. The van der Waals surface area contributed by atoms with Crippen LogP contribution >= 0.6 is 0 Å². The predicted octanol–water partition coefficient (Wildman–Crippen LogP) is 2.28. The molecule has 1 aromatic carbocycles. The zero-order valence-electron chi connectivity index (χ0n) is 13.6. The topological polar surface area (TPSA) is 41.6 Å². The first-order chi connectivity index (χ1) is 10.6. The highest BCUT2D eigenvalue weighted by atomic mass is 16.5. The largest absolute Gasteiger partial charge is 0.490 e. The quantitative estimate of drug-likeness (QED) is 0.931. The van der Waals surface area contributed by atoms with Crippen LogP contribution in [0.1, 0.15) is 30.4 Å². The van der Waals surface area contributed by atoms with Crippen molar-refractivity contribution < 1.29 is 9.53 Å². The number of carbonyl (C=O) groups excluding carboxylic acids is 1. The van der Waals surface area contributed by atoms with Crippen LogP contribution in [0.2, 0.25) is 0 Å². The number of carbonyl (C=O) groups is 1. The Morgan fingerprint density at radius 2 is 1.95 bits per heavy atom. The number of ether oxygens (including phenoxy) is 1. The molecule has 2 heterocycles. The van der Waals surface area contributed by atoms with E-state index in [9.17, 15) is 4.79 Å². The Morgan fingerprint density at radius 1 is 1.18 bits per heavy atom. The lowest BCUT2D eigenvalue weighted by molar-refractivity contribution is -0.136. The second-order valence-electron chi connectivity index (χ2n) is 6.58. The minimum Gasteiger partial charge on any atom is -0.490 e. The van der Waals surface area contributed by atoms with Crippen LogP contribution in [0.4, 0.5) is 0 Å². The van der Waals surface area contributed by atoms with Crippen LogP contribution in [0.15, 0.2) is 18.2 Å². The Labute approximate surface area is 132 Å². The third-order valence-electron chi connectivity index (χ3n) is 4.94. The first-order valence-corrected chi connectivity index (χ1v) is 8.37. The van der Waals surface area contributed by atoms with Crippen LogP contribution in [0.3, 0.4) is 0 Å². The van der Waals surface area contributed by atoms with Gasteiger partial charge in [-0.2, -0.15) is 0 Å². The molecule has 120 valence electrons. The summed E-state index contributed by atoms with van der Waals surface area (Å²) in [4.78, 5) is 14.4. The Morgan fingerprint density at radius 3 is 2.59 bits per heavy atom. The molecule has 3 rings (SSSR count). The number of nitrogens with one attached hydrogen (secondary N) is 1. The third-order valence-corrected chi connectivity index (χ3v) is 4.94. The van der Waals surface area contributed by atoms with E-state index in [4.69, 9.17) is 4.74 Å². The van der Waals surface area contributed by atoms with E-state index in [-0.39, 0.29) is 12.0 Å². The van der Waals surface area contributed by atoms with Crippen molar-refractivity contribution in [1.29, 1.82) is 0 Å². The number of amides is 1. The Hall–Kier alpha value is -1.55. The summed E-state index contributed by atoms with van der Waals surface area (Å²) in [5.74, 6) is 1.47. The zero-order valence-corrected chi connectivity index (χ0v) is 13.6. The number of benzene rings is 1. The van der Waals surface area contributed by atoms with Gasteiger partial charge in [0.2, 0.25) is 5.91 Å². The average molecular weight is 302 g/mol. The normalized spacial score (nSPS) is 22.8. The van der Waals surface area contributed by atoms with Gasteiger partial charge in [0.1, 0.15) is 11.9 Å². The molecule has 2 aliphatic heterocycles. The molecule has 2 aliphatic rings. The molecule has 2 fully saturated rings. The highest BCUT2D eigenvalue weighted by Crippen LogP contribution is 2.23. The van der Waals surface area contributed by atoms with Crippen molar-refractivity contribution >= 4 is 5.91 Å². The predicted molar refractivity (Wildman–Crippen MR) is 87.1 cm³/mol. The van der Waals surface area contributed by atoms with Gasteiger partial charge in [-0.25, -0.2) is 0 Å². The molecule has 2 saturated heterocycles. The fraction of sp³-hybridized carbons (Fsp3) is 0.611. The van der Waals surface area contributed by atoms with Crippen LogP contribution < -0.4 is 10.1 Å². The molecule has 0 radical (unpaired) electrons. The van der Waals surface area contributed by atoms with Gasteiger partial charge in [-0.3, -0.25) is 4.79 Å². The summed E-state index contributed by atoms with van der Waals surface area (Å²) in [6.45, 7) is 7.69. The molecule has 1 amide bonds. The summed E-state index contributed by atoms with van der Waals surface area (Å²) in [6.07, 6.45) is 3.07. The van der Waals surface area contributed by atoms with Gasteiger partial charge < -0.3 is 15.0 Å². The molecule has 1 atom stereocenters. The van der Waals surface area contributed by atoms with Gasteiger partial charge in [0.05, 0.1) is 5.92 Å². The molecule has 4 heteroatoms. The monoisotopic (exact) mass is 302 g/mol. The Balaban J connectivity index is 1.51. The summed E-state index contributed by atoms with van der Waals surface area (Å²) in [7, 11) is 0. The lowest BCUT2D eigenvalue weighted by Gasteiger charge is -2.33. The molecule has 0 bridgehead atoms. The van der Waals surface area contributed by atoms with Crippen LogP contribution in [0.25, 0.3) is 0 Å². The van der Waals surface area contributed by atoms with Gasteiger partial charge in [0, 0.05) is 32.5 Å². The van der Waals surface area contributed by atoms with E-state index >= 15 is 0 Å². The maximum absolute atomic E-state index is 12.4. The molecule has 0 saturated carbocycles. The van der Waals surface area contributed by atoms with E-state index in [2.05, 4.69) is 31.3 Å². The minimum atomic E-state index is 0.192. The Bertz CT molecular complexity index is 530. The number of hydrogen-bond acceptors (Lipinski definition) is 3. The van der Waals surface area contributed by atoms with E-state index in [0.29, 0.717) is 5.91 Å². The second kappa shape index (κ2) is 6.69. The van der Waals surface area contributed by atoms with E-state index in [0.717, 1.165) is 51.2 Å². The molecule has 0 aliphatic carbocycles. The number of aryl methyl sites for hydroxylation is 2. The smallest absolute Gasteiger partial charge is 0.227 e. The van der Waals surface area contributed by atoms with Gasteiger partial charge in [-0.1, -0.05) is 6.07 Å². The summed E-state index contributed by atoms with van der Waals surface area (Å²) in [5.41, 5.74) is 2.55. The van der Waals surface area contributed by atoms with Crippen molar-refractivity contribution in [2.45, 2.75) is 39.2 Å². The summed E-state index contributed by atoms with van der Waals surface area (Å²) < 4.78 is 6.09. The van der Waals surface area contributed by atoms with Crippen LogP contribution in [0, 0.1) is 19.8 Å². The SMILES string of the molecule is Cc1ccc(OC2CCN(C(=O)[C@@H]3CCNC3)CC2)cc1C. The highest BCUT2D eigenvalue weighted by molar-refractivity contribution is 5.79. The average Bonchev–Trinajstić information content (AvgIpc) is 3.05. The maximum atomic E-state index is 12.4. The lowest BCUT2D eigenvalue weighted by atomic mass is 10.0. The van der Waals surface area contributed by atoms with Gasteiger partial charge in [-0.15, -0.1) is 0 Å². The first kappa shape index (κ1) is 15.3. The van der Waals surface area contributed by atoms with Crippen molar-refractivity contribution in [3.63, 3.8) is 0 Å². The van der Waals surface area contributed by atoms with Gasteiger partial charge in [0.25, 0.3) is 0 Å². The fourth-order valence-corrected chi connectivity index (χ4v) is 3.30. The molecular weight excluding hydrogens is 276 g/mol. The molecular formula is C18H26N2O2. The fourth-order valence-electron chi connectivity index (χ4n) is 3.30. The van der Waals surface area contributed by atoms with Crippen LogP contribution in [0.5, 0.6) is 5.75 Å². The van der Waals surface area contributed by atoms with Crippen LogP contribution in [-0.2, 0) is 4.79 Å². The standard InChI is InChI=1S/C18H26N2O2/c1-13-3-4-17(11-14(13)2)22-16-6-9-20(10-7-16)18(21)15-5-8-19-12-15/h3-4,11,15-16,19H,5-10,12H2,1-2H3/t15-/m1/s1. The Kier molecular flexibility index (Phi) is 4.67. The summed E-state index contributed by atoms with van der Waals surface area (Å²) in [6, 6.07) is 6.26. The second-order valence-corrected chi connectivity index (χ2v) is 6.58. The number of likely N-dealkylation sites (tertiary alicyclic amines) is 1. The number of rotatable bonds is 3. The molecule has 0 aromatic heterocycles. The summed E-state index contributed by atoms with van der Waals surface area (Å²) >= 11 is 0. The number of piperidine rings is 1. The van der Waals surface area contributed by atoms with Gasteiger partial charge in [-0.05, 0) is 50.1 Å². The van der Waals surface area contributed by atoms with Crippen molar-refractivity contribution in [2.75, 3.05) is 26.2 Å².